The van der Waals surface area contributed by atoms with Crippen LogP contribution in [0.25, 0.3) is 0 Å². The van der Waals surface area contributed by atoms with Gasteiger partial charge in [0.2, 0.25) is 5.88 Å². The summed E-state index contributed by atoms with van der Waals surface area (Å²) < 4.78 is 6.54. The molecule has 0 amide bonds. The lowest BCUT2D eigenvalue weighted by Crippen LogP contribution is -2.15. The highest BCUT2D eigenvalue weighted by Gasteiger charge is 2.15. The van der Waals surface area contributed by atoms with Crippen molar-refractivity contribution in [3.05, 3.63) is 21.8 Å². The molecule has 1 aromatic heterocycles. The van der Waals surface area contributed by atoms with Crippen LogP contribution in [-0.4, -0.2) is 11.6 Å². The van der Waals surface area contributed by atoms with Gasteiger partial charge in [0.15, 0.2) is 0 Å². The zero-order valence-corrected chi connectivity index (χ0v) is 11.4. The fourth-order valence-corrected chi connectivity index (χ4v) is 2.81. The van der Waals surface area contributed by atoms with Crippen LogP contribution in [0.15, 0.2) is 16.7 Å². The van der Waals surface area contributed by atoms with E-state index in [-0.39, 0.29) is 0 Å². The van der Waals surface area contributed by atoms with Gasteiger partial charge in [-0.25, -0.2) is 4.98 Å². The van der Waals surface area contributed by atoms with Crippen LogP contribution in [0.4, 0.5) is 0 Å². The first-order valence-corrected chi connectivity index (χ1v) is 6.86. The van der Waals surface area contributed by atoms with Crippen LogP contribution in [0.2, 0.25) is 5.02 Å². The number of rotatable bonds is 3. The fraction of sp³-hybridized carbons (Fsp3) is 0.583. The summed E-state index contributed by atoms with van der Waals surface area (Å²) >= 11 is 9.22. The molecular weight excluding hydrogens is 289 g/mol. The maximum absolute atomic E-state index is 5.82. The van der Waals surface area contributed by atoms with Gasteiger partial charge in [-0.3, -0.25) is 0 Å². The zero-order chi connectivity index (χ0) is 11.4. The zero-order valence-electron chi connectivity index (χ0n) is 9.09. The maximum Gasteiger partial charge on any atom is 0.228 e. The number of halogens is 2. The quantitative estimate of drug-likeness (QED) is 0.822. The van der Waals surface area contributed by atoms with E-state index < -0.39 is 0 Å². The first-order valence-electron chi connectivity index (χ1n) is 5.69. The summed E-state index contributed by atoms with van der Waals surface area (Å²) in [5.74, 6) is 1.34. The van der Waals surface area contributed by atoms with E-state index in [1.165, 1.54) is 32.1 Å². The molecule has 2 rings (SSSR count). The third-order valence-electron chi connectivity index (χ3n) is 2.95. The number of aromatic nitrogens is 1. The predicted molar refractivity (Wildman–Crippen MR) is 69.0 cm³/mol. The van der Waals surface area contributed by atoms with Gasteiger partial charge in [0.25, 0.3) is 0 Å². The highest BCUT2D eigenvalue weighted by atomic mass is 79.9. The molecule has 1 saturated carbocycles. The van der Waals surface area contributed by atoms with Crippen molar-refractivity contribution in [1.29, 1.82) is 0 Å². The lowest BCUT2D eigenvalue weighted by molar-refractivity contribution is 0.202. The molecule has 88 valence electrons. The van der Waals surface area contributed by atoms with Gasteiger partial charge in [-0.2, -0.15) is 0 Å². The molecule has 0 unspecified atom stereocenters. The van der Waals surface area contributed by atoms with E-state index in [4.69, 9.17) is 16.3 Å². The molecule has 1 aliphatic rings. The molecule has 0 aliphatic heterocycles. The smallest absolute Gasteiger partial charge is 0.228 e. The van der Waals surface area contributed by atoms with Gasteiger partial charge in [0.1, 0.15) is 0 Å². The maximum atomic E-state index is 5.82. The summed E-state index contributed by atoms with van der Waals surface area (Å²) in [7, 11) is 0. The van der Waals surface area contributed by atoms with Gasteiger partial charge in [0.05, 0.1) is 16.1 Å². The van der Waals surface area contributed by atoms with E-state index in [2.05, 4.69) is 20.9 Å². The Morgan fingerprint density at radius 2 is 2.12 bits per heavy atom. The van der Waals surface area contributed by atoms with Gasteiger partial charge in [0, 0.05) is 6.20 Å². The Labute approximate surface area is 109 Å². The molecular formula is C12H15BrClNO. The Morgan fingerprint density at radius 1 is 1.38 bits per heavy atom. The lowest BCUT2D eigenvalue weighted by Gasteiger charge is -2.21. The standard InChI is InChI=1S/C12H15BrClNO/c13-11-6-10(14)7-15-12(11)16-8-9-4-2-1-3-5-9/h6-7,9H,1-5,8H2. The molecule has 0 saturated heterocycles. The van der Waals surface area contributed by atoms with E-state index >= 15 is 0 Å². The Hall–Kier alpha value is -0.280. The third-order valence-corrected chi connectivity index (χ3v) is 3.73. The van der Waals surface area contributed by atoms with Crippen LogP contribution in [0.5, 0.6) is 5.88 Å². The van der Waals surface area contributed by atoms with Crippen molar-refractivity contribution in [2.75, 3.05) is 6.61 Å². The lowest BCUT2D eigenvalue weighted by atomic mass is 9.90. The van der Waals surface area contributed by atoms with Crippen LogP contribution >= 0.6 is 27.5 Å². The van der Waals surface area contributed by atoms with Crippen LogP contribution in [0, 0.1) is 5.92 Å². The van der Waals surface area contributed by atoms with Crippen molar-refractivity contribution in [3.8, 4) is 5.88 Å². The van der Waals surface area contributed by atoms with E-state index in [1.54, 1.807) is 6.20 Å². The molecule has 1 aromatic rings. The van der Waals surface area contributed by atoms with Gasteiger partial charge in [-0.05, 0) is 40.8 Å². The average Bonchev–Trinajstić information content (AvgIpc) is 2.29. The molecule has 0 N–H and O–H groups in total. The monoisotopic (exact) mass is 303 g/mol. The van der Waals surface area contributed by atoms with Gasteiger partial charge < -0.3 is 4.74 Å². The normalized spacial score (nSPS) is 17.4. The number of nitrogens with zero attached hydrogens (tertiary/aromatic N) is 1. The Balaban J connectivity index is 1.88. The summed E-state index contributed by atoms with van der Waals surface area (Å²) in [6.45, 7) is 0.771. The second kappa shape index (κ2) is 5.87. The second-order valence-corrected chi connectivity index (χ2v) is 5.55. The van der Waals surface area contributed by atoms with E-state index in [9.17, 15) is 0 Å². The molecule has 16 heavy (non-hydrogen) atoms. The molecule has 1 heterocycles. The number of pyridine rings is 1. The summed E-state index contributed by atoms with van der Waals surface area (Å²) in [6, 6.07) is 1.81. The first kappa shape index (κ1) is 12.2. The van der Waals surface area contributed by atoms with E-state index in [1.807, 2.05) is 6.07 Å². The molecule has 2 nitrogen and oxygen atoms in total. The van der Waals surface area contributed by atoms with Crippen LogP contribution in [0.1, 0.15) is 32.1 Å². The van der Waals surface area contributed by atoms with Gasteiger partial charge in [-0.1, -0.05) is 30.9 Å². The van der Waals surface area contributed by atoms with Crippen molar-refractivity contribution in [1.82, 2.24) is 4.98 Å². The molecule has 0 bridgehead atoms. The summed E-state index contributed by atoms with van der Waals surface area (Å²) in [5.41, 5.74) is 0. The minimum absolute atomic E-state index is 0.622. The summed E-state index contributed by atoms with van der Waals surface area (Å²) in [5, 5.41) is 0.622. The van der Waals surface area contributed by atoms with Gasteiger partial charge in [-0.15, -0.1) is 0 Å². The van der Waals surface area contributed by atoms with Crippen LogP contribution in [-0.2, 0) is 0 Å². The van der Waals surface area contributed by atoms with Crippen molar-refractivity contribution < 1.29 is 4.74 Å². The second-order valence-electron chi connectivity index (χ2n) is 4.26. The number of hydrogen-bond donors (Lipinski definition) is 0. The topological polar surface area (TPSA) is 22.1 Å². The van der Waals surface area contributed by atoms with Crippen molar-refractivity contribution in [2.45, 2.75) is 32.1 Å². The molecule has 0 radical (unpaired) electrons. The predicted octanol–water partition coefficient (Wildman–Crippen LogP) is 4.46. The molecule has 0 spiro atoms. The Bertz CT molecular complexity index is 353. The Morgan fingerprint density at radius 3 is 2.81 bits per heavy atom. The van der Waals surface area contributed by atoms with E-state index in [0.29, 0.717) is 16.8 Å². The summed E-state index contributed by atoms with van der Waals surface area (Å²) in [4.78, 5) is 4.16. The van der Waals surface area contributed by atoms with Crippen molar-refractivity contribution >= 4 is 27.5 Å². The minimum Gasteiger partial charge on any atom is -0.477 e. The van der Waals surface area contributed by atoms with Crippen LogP contribution < -0.4 is 4.74 Å². The van der Waals surface area contributed by atoms with Crippen LogP contribution in [0.3, 0.4) is 0 Å². The third kappa shape index (κ3) is 3.36. The molecule has 1 fully saturated rings. The fourth-order valence-electron chi connectivity index (χ4n) is 2.06. The average molecular weight is 305 g/mol. The first-order chi connectivity index (χ1) is 7.75. The Kier molecular flexibility index (Phi) is 4.47. The highest BCUT2D eigenvalue weighted by molar-refractivity contribution is 9.10. The molecule has 1 aliphatic carbocycles. The highest BCUT2D eigenvalue weighted by Crippen LogP contribution is 2.28. The SMILES string of the molecule is Clc1cnc(OCC2CCCCC2)c(Br)c1. The minimum atomic E-state index is 0.622. The van der Waals surface area contributed by atoms with Crippen molar-refractivity contribution in [2.24, 2.45) is 5.92 Å². The van der Waals surface area contributed by atoms with E-state index in [0.717, 1.165) is 11.1 Å². The molecule has 0 atom stereocenters. The number of ether oxygens (including phenoxy) is 1. The molecule has 0 aromatic carbocycles. The largest absolute Gasteiger partial charge is 0.477 e. The number of hydrogen-bond acceptors (Lipinski definition) is 2. The summed E-state index contributed by atoms with van der Waals surface area (Å²) in [6.07, 6.45) is 8.23. The van der Waals surface area contributed by atoms with Crippen molar-refractivity contribution in [3.63, 3.8) is 0 Å². The van der Waals surface area contributed by atoms with Gasteiger partial charge >= 0.3 is 0 Å². The molecule has 4 heteroatoms.